The Balaban J connectivity index is 1.72. The first-order valence-corrected chi connectivity index (χ1v) is 10.1. The van der Waals surface area contributed by atoms with E-state index in [0.717, 1.165) is 28.1 Å². The van der Waals surface area contributed by atoms with Gasteiger partial charge in [-0.25, -0.2) is 0 Å². The van der Waals surface area contributed by atoms with Crippen molar-refractivity contribution in [3.63, 3.8) is 0 Å². The molecule has 2 aliphatic heterocycles. The number of carbonyl (C=O) groups excluding carboxylic acids is 1. The van der Waals surface area contributed by atoms with Gasteiger partial charge in [-0.1, -0.05) is 54.6 Å². The Morgan fingerprint density at radius 2 is 1.70 bits per heavy atom. The molecule has 0 saturated heterocycles. The van der Waals surface area contributed by atoms with Gasteiger partial charge >= 0.3 is 5.97 Å². The molecule has 0 amide bonds. The zero-order chi connectivity index (χ0) is 20.7. The maximum atomic E-state index is 13.0. The van der Waals surface area contributed by atoms with Gasteiger partial charge in [0.1, 0.15) is 11.5 Å². The lowest BCUT2D eigenvalue weighted by atomic mass is 9.87. The fourth-order valence-corrected chi connectivity index (χ4v) is 4.40. The normalized spacial score (nSPS) is 21.4. The summed E-state index contributed by atoms with van der Waals surface area (Å²) >= 11 is 0. The van der Waals surface area contributed by atoms with Crippen LogP contribution in [0.15, 0.2) is 72.8 Å². The van der Waals surface area contributed by atoms with Crippen molar-refractivity contribution in [2.75, 3.05) is 12.0 Å². The predicted octanol–water partition coefficient (Wildman–Crippen LogP) is 4.64. The number of fused-ring (bicyclic) bond motifs is 5. The SMILES string of the molecule is COC(=O)[C@@H]1[C@H]2Oc3cc(C)ccc3[C@@H]1N(Cc1ccccc1)c1ccccc1O2. The standard InChI is InChI=1S/C25H23NO4/c1-16-12-13-18-21(14-16)30-25-22(24(27)28-2)23(18)26(15-17-8-4-3-5-9-17)19-10-6-7-11-20(19)29-25/h3-14,22-23,25H,15H2,1-2H3/t22-,23+,25-/m1/s1. The van der Waals surface area contributed by atoms with Gasteiger partial charge in [-0.05, 0) is 36.2 Å². The topological polar surface area (TPSA) is 48.0 Å². The number of para-hydroxylation sites is 2. The van der Waals surface area contributed by atoms with Crippen LogP contribution in [-0.4, -0.2) is 19.4 Å². The van der Waals surface area contributed by atoms with E-state index in [4.69, 9.17) is 14.2 Å². The smallest absolute Gasteiger partial charge is 0.318 e. The van der Waals surface area contributed by atoms with Crippen LogP contribution in [0, 0.1) is 12.8 Å². The molecule has 2 bridgehead atoms. The molecule has 3 aromatic rings. The first-order valence-electron chi connectivity index (χ1n) is 10.1. The van der Waals surface area contributed by atoms with Gasteiger partial charge in [0.05, 0.1) is 18.8 Å². The summed E-state index contributed by atoms with van der Waals surface area (Å²) in [5.41, 5.74) is 4.13. The molecule has 0 aliphatic carbocycles. The van der Waals surface area contributed by atoms with Crippen molar-refractivity contribution in [3.8, 4) is 11.5 Å². The van der Waals surface area contributed by atoms with Crippen LogP contribution in [0.3, 0.4) is 0 Å². The summed E-state index contributed by atoms with van der Waals surface area (Å²) in [6, 6.07) is 23.9. The van der Waals surface area contributed by atoms with Gasteiger partial charge in [0.15, 0.2) is 5.92 Å². The molecule has 3 atom stereocenters. The lowest BCUT2D eigenvalue weighted by Gasteiger charge is -2.41. The highest BCUT2D eigenvalue weighted by Gasteiger charge is 2.50. The molecule has 5 nitrogen and oxygen atoms in total. The Morgan fingerprint density at radius 1 is 0.967 bits per heavy atom. The molecule has 2 aliphatic rings. The van der Waals surface area contributed by atoms with E-state index in [1.807, 2.05) is 61.5 Å². The number of esters is 1. The van der Waals surface area contributed by atoms with Crippen molar-refractivity contribution >= 4 is 11.7 Å². The van der Waals surface area contributed by atoms with Crippen LogP contribution in [0.4, 0.5) is 5.69 Å². The third-order valence-electron chi connectivity index (χ3n) is 5.79. The Kier molecular flexibility index (Phi) is 4.58. The zero-order valence-electron chi connectivity index (χ0n) is 16.9. The van der Waals surface area contributed by atoms with E-state index in [0.29, 0.717) is 12.3 Å². The number of hydrogen-bond acceptors (Lipinski definition) is 5. The highest BCUT2D eigenvalue weighted by molar-refractivity contribution is 5.77. The minimum atomic E-state index is -0.765. The van der Waals surface area contributed by atoms with E-state index >= 15 is 0 Å². The third kappa shape index (κ3) is 3.07. The van der Waals surface area contributed by atoms with Crippen LogP contribution >= 0.6 is 0 Å². The Bertz CT molecular complexity index is 1080. The van der Waals surface area contributed by atoms with E-state index in [-0.39, 0.29) is 12.0 Å². The molecule has 0 radical (unpaired) electrons. The van der Waals surface area contributed by atoms with Crippen LogP contribution in [0.5, 0.6) is 11.5 Å². The fraction of sp³-hybridized carbons (Fsp3) is 0.240. The lowest BCUT2D eigenvalue weighted by Crippen LogP contribution is -2.48. The molecule has 0 fully saturated rings. The largest absolute Gasteiger partial charge is 0.469 e. The van der Waals surface area contributed by atoms with E-state index in [1.165, 1.54) is 7.11 Å². The first-order chi connectivity index (χ1) is 14.7. The predicted molar refractivity (Wildman–Crippen MR) is 114 cm³/mol. The number of anilines is 1. The fourth-order valence-electron chi connectivity index (χ4n) is 4.40. The molecule has 30 heavy (non-hydrogen) atoms. The summed E-state index contributed by atoms with van der Waals surface area (Å²) < 4.78 is 17.7. The number of carbonyl (C=O) groups is 1. The number of rotatable bonds is 3. The first kappa shape index (κ1) is 18.6. The minimum Gasteiger partial charge on any atom is -0.469 e. The number of hydrogen-bond donors (Lipinski definition) is 0. The van der Waals surface area contributed by atoms with Gasteiger partial charge < -0.3 is 19.1 Å². The minimum absolute atomic E-state index is 0.282. The van der Waals surface area contributed by atoms with Crippen molar-refractivity contribution in [2.24, 2.45) is 5.92 Å². The van der Waals surface area contributed by atoms with Gasteiger partial charge in [-0.3, -0.25) is 4.79 Å². The van der Waals surface area contributed by atoms with E-state index in [9.17, 15) is 4.79 Å². The molecular formula is C25H23NO4. The van der Waals surface area contributed by atoms with Gasteiger partial charge in [-0.15, -0.1) is 0 Å². The third-order valence-corrected chi connectivity index (χ3v) is 5.79. The van der Waals surface area contributed by atoms with Gasteiger partial charge in [0.2, 0.25) is 0 Å². The zero-order valence-corrected chi connectivity index (χ0v) is 16.9. The van der Waals surface area contributed by atoms with E-state index in [2.05, 4.69) is 23.1 Å². The summed E-state index contributed by atoms with van der Waals surface area (Å²) in [6.45, 7) is 2.65. The quantitative estimate of drug-likeness (QED) is 0.598. The monoisotopic (exact) mass is 401 g/mol. The molecule has 0 N–H and O–H groups in total. The van der Waals surface area contributed by atoms with Gasteiger partial charge in [0.25, 0.3) is 6.29 Å². The lowest BCUT2D eigenvalue weighted by molar-refractivity contribution is -0.159. The molecular weight excluding hydrogens is 378 g/mol. The molecule has 3 aromatic carbocycles. The number of nitrogens with zero attached hydrogens (tertiary/aromatic N) is 1. The Hall–Kier alpha value is -3.47. The van der Waals surface area contributed by atoms with Crippen molar-refractivity contribution in [3.05, 3.63) is 89.5 Å². The summed E-state index contributed by atoms with van der Waals surface area (Å²) in [7, 11) is 1.41. The molecule has 5 heteroatoms. The molecule has 0 aromatic heterocycles. The van der Waals surface area contributed by atoms with Crippen molar-refractivity contribution < 1.29 is 19.0 Å². The Labute approximate surface area is 175 Å². The van der Waals surface area contributed by atoms with Crippen molar-refractivity contribution in [1.29, 1.82) is 0 Å². The van der Waals surface area contributed by atoms with E-state index in [1.54, 1.807) is 0 Å². The maximum absolute atomic E-state index is 13.0. The van der Waals surface area contributed by atoms with Crippen LogP contribution in [0.1, 0.15) is 22.7 Å². The molecule has 0 unspecified atom stereocenters. The number of methoxy groups -OCH3 is 1. The van der Waals surface area contributed by atoms with Crippen molar-refractivity contribution in [2.45, 2.75) is 25.8 Å². The van der Waals surface area contributed by atoms with Crippen LogP contribution in [-0.2, 0) is 16.1 Å². The molecule has 0 spiro atoms. The number of benzene rings is 3. The summed E-state index contributed by atoms with van der Waals surface area (Å²) in [6.07, 6.45) is -0.765. The highest BCUT2D eigenvalue weighted by Crippen LogP contribution is 2.50. The molecule has 5 rings (SSSR count). The highest BCUT2D eigenvalue weighted by atomic mass is 16.7. The van der Waals surface area contributed by atoms with Crippen LogP contribution in [0.25, 0.3) is 0 Å². The van der Waals surface area contributed by atoms with Crippen LogP contribution < -0.4 is 14.4 Å². The molecule has 0 saturated carbocycles. The number of aryl methyl sites for hydroxylation is 1. The second-order valence-electron chi connectivity index (χ2n) is 7.72. The van der Waals surface area contributed by atoms with Crippen LogP contribution in [0.2, 0.25) is 0 Å². The van der Waals surface area contributed by atoms with Gasteiger partial charge in [0, 0.05) is 12.1 Å². The average molecular weight is 401 g/mol. The molecule has 2 heterocycles. The average Bonchev–Trinajstić information content (AvgIpc) is 2.86. The summed E-state index contributed by atoms with van der Waals surface area (Å²) in [5, 5.41) is 0. The summed E-state index contributed by atoms with van der Waals surface area (Å²) in [4.78, 5) is 15.2. The van der Waals surface area contributed by atoms with Crippen molar-refractivity contribution in [1.82, 2.24) is 0 Å². The van der Waals surface area contributed by atoms with E-state index < -0.39 is 12.2 Å². The second-order valence-corrected chi connectivity index (χ2v) is 7.72. The maximum Gasteiger partial charge on any atom is 0.318 e. The Morgan fingerprint density at radius 3 is 2.50 bits per heavy atom. The second kappa shape index (κ2) is 7.41. The number of ether oxygens (including phenoxy) is 3. The van der Waals surface area contributed by atoms with Gasteiger partial charge in [-0.2, -0.15) is 0 Å². The molecule has 152 valence electrons. The summed E-state index contributed by atoms with van der Waals surface area (Å²) in [5.74, 6) is 0.471.